The number of carbonyl (C=O) groups is 3. The Morgan fingerprint density at radius 2 is 2.21 bits per heavy atom. The predicted octanol–water partition coefficient (Wildman–Crippen LogP) is 2.19. The molecule has 0 aromatic heterocycles. The highest BCUT2D eigenvalue weighted by Gasteiger charge is 2.54. The van der Waals surface area contributed by atoms with Gasteiger partial charge in [0.1, 0.15) is 29.5 Å². The molecule has 1 fully saturated rings. The number of carbonyl (C=O) groups excluding carboxylic acids is 2. The van der Waals surface area contributed by atoms with E-state index in [-0.39, 0.29) is 17.0 Å². The van der Waals surface area contributed by atoms with Crippen LogP contribution in [0.1, 0.15) is 30.1 Å². The molecule has 2 aliphatic heterocycles. The first-order chi connectivity index (χ1) is 13.5. The number of β-lactam (4-membered cyclic amide) rings is 1. The van der Waals surface area contributed by atoms with Crippen molar-refractivity contribution >= 4 is 29.5 Å². The second-order valence-corrected chi connectivity index (χ2v) is 7.59. The molecule has 2 atom stereocenters. The minimum Gasteiger partial charge on any atom is -0.494 e. The van der Waals surface area contributed by atoms with E-state index in [9.17, 15) is 23.9 Å². The summed E-state index contributed by atoms with van der Waals surface area (Å²) in [5.74, 6) is -1.60. The van der Waals surface area contributed by atoms with Crippen LogP contribution in [0.4, 0.5) is 4.39 Å². The number of amides is 2. The molecule has 0 radical (unpaired) electrons. The van der Waals surface area contributed by atoms with Gasteiger partial charge in [0.25, 0.3) is 11.8 Å². The zero-order valence-electron chi connectivity index (χ0n) is 15.3. The molecule has 1 unspecified atom stereocenters. The molecule has 150 valence electrons. The molecular formula is C19H21FN2O5S. The molecule has 0 bridgehead atoms. The fraction of sp³-hybridized carbons (Fsp3) is 0.421. The van der Waals surface area contributed by atoms with Gasteiger partial charge in [-0.15, -0.1) is 11.8 Å². The van der Waals surface area contributed by atoms with E-state index >= 15 is 0 Å². The van der Waals surface area contributed by atoms with E-state index in [0.29, 0.717) is 17.9 Å². The molecule has 2 N–H and O–H groups in total. The minimum absolute atomic E-state index is 0.0730. The number of benzene rings is 1. The van der Waals surface area contributed by atoms with Gasteiger partial charge in [0.15, 0.2) is 0 Å². The minimum atomic E-state index is -1.34. The number of nitrogens with one attached hydrogen (secondary N) is 1. The van der Waals surface area contributed by atoms with Crippen molar-refractivity contribution in [1.82, 2.24) is 10.2 Å². The lowest BCUT2D eigenvalue weighted by molar-refractivity contribution is -0.148. The first-order valence-corrected chi connectivity index (χ1v) is 10.0. The average Bonchev–Trinajstić information content (AvgIpc) is 2.70. The number of alkyl halides is 1. The SMILES string of the molecule is CCCCOc1cccc(C(=O)NC2C(=O)N3C(C(=O)O)=C(CF)CS[C@H]23)c1. The van der Waals surface area contributed by atoms with Crippen LogP contribution in [0, 0.1) is 0 Å². The number of carboxylic acids is 1. The molecule has 1 aromatic carbocycles. The Kier molecular flexibility index (Phi) is 6.23. The fourth-order valence-electron chi connectivity index (χ4n) is 3.07. The Balaban J connectivity index is 1.68. The van der Waals surface area contributed by atoms with Crippen LogP contribution in [-0.2, 0) is 9.59 Å². The highest BCUT2D eigenvalue weighted by Crippen LogP contribution is 2.40. The number of hydrogen-bond acceptors (Lipinski definition) is 5. The van der Waals surface area contributed by atoms with Crippen molar-refractivity contribution in [2.24, 2.45) is 0 Å². The average molecular weight is 408 g/mol. The maximum absolute atomic E-state index is 13.1. The number of nitrogens with zero attached hydrogens (tertiary/aromatic N) is 1. The van der Waals surface area contributed by atoms with Gasteiger partial charge in [-0.2, -0.15) is 0 Å². The molecule has 2 amide bonds. The summed E-state index contributed by atoms with van der Waals surface area (Å²) in [4.78, 5) is 37.5. The van der Waals surface area contributed by atoms with Crippen LogP contribution < -0.4 is 10.1 Å². The third kappa shape index (κ3) is 3.84. The van der Waals surface area contributed by atoms with Crippen molar-refractivity contribution < 1.29 is 28.6 Å². The quantitative estimate of drug-likeness (QED) is 0.506. The van der Waals surface area contributed by atoms with Gasteiger partial charge in [-0.25, -0.2) is 9.18 Å². The van der Waals surface area contributed by atoms with E-state index in [4.69, 9.17) is 4.74 Å². The molecule has 2 heterocycles. The van der Waals surface area contributed by atoms with Crippen molar-refractivity contribution in [2.45, 2.75) is 31.2 Å². The largest absolute Gasteiger partial charge is 0.494 e. The Hall–Kier alpha value is -2.55. The molecule has 3 rings (SSSR count). The number of aliphatic carboxylic acids is 1. The monoisotopic (exact) mass is 408 g/mol. The second-order valence-electron chi connectivity index (χ2n) is 6.48. The summed E-state index contributed by atoms with van der Waals surface area (Å²) in [6, 6.07) is 5.81. The van der Waals surface area contributed by atoms with Gasteiger partial charge < -0.3 is 15.2 Å². The fourth-order valence-corrected chi connectivity index (χ4v) is 4.39. The maximum atomic E-state index is 13.1. The summed E-state index contributed by atoms with van der Waals surface area (Å²) in [5, 5.41) is 11.4. The van der Waals surface area contributed by atoms with Crippen LogP contribution in [-0.4, -0.2) is 58.2 Å². The summed E-state index contributed by atoms with van der Waals surface area (Å²) in [7, 11) is 0. The van der Waals surface area contributed by atoms with Gasteiger partial charge in [0.05, 0.1) is 6.61 Å². The normalized spacial score (nSPS) is 21.1. The molecule has 0 saturated carbocycles. The van der Waals surface area contributed by atoms with Crippen LogP contribution in [0.15, 0.2) is 35.5 Å². The van der Waals surface area contributed by atoms with Crippen molar-refractivity contribution in [3.8, 4) is 5.75 Å². The second kappa shape index (κ2) is 8.64. The van der Waals surface area contributed by atoms with Gasteiger partial charge in [0, 0.05) is 16.9 Å². The lowest BCUT2D eigenvalue weighted by Gasteiger charge is -2.49. The number of ether oxygens (including phenoxy) is 1. The molecule has 0 spiro atoms. The molecule has 1 saturated heterocycles. The van der Waals surface area contributed by atoms with Crippen LogP contribution in [0.3, 0.4) is 0 Å². The summed E-state index contributed by atoms with van der Waals surface area (Å²) < 4.78 is 18.7. The van der Waals surface area contributed by atoms with E-state index in [2.05, 4.69) is 12.2 Å². The van der Waals surface area contributed by atoms with Crippen molar-refractivity contribution in [2.75, 3.05) is 19.0 Å². The topological polar surface area (TPSA) is 95.9 Å². The van der Waals surface area contributed by atoms with Crippen LogP contribution in [0.2, 0.25) is 0 Å². The molecule has 2 aliphatic rings. The molecular weight excluding hydrogens is 387 g/mol. The van der Waals surface area contributed by atoms with Gasteiger partial charge >= 0.3 is 5.97 Å². The van der Waals surface area contributed by atoms with Gasteiger partial charge in [0.2, 0.25) is 0 Å². The van der Waals surface area contributed by atoms with Gasteiger partial charge in [-0.05, 0) is 24.6 Å². The number of rotatable bonds is 8. The first kappa shape index (κ1) is 20.2. The summed E-state index contributed by atoms with van der Waals surface area (Å²) in [5.41, 5.74) is 0.108. The van der Waals surface area contributed by atoms with E-state index in [1.807, 2.05) is 0 Å². The number of unbranched alkanes of at least 4 members (excludes halogenated alkanes) is 1. The van der Waals surface area contributed by atoms with Crippen LogP contribution >= 0.6 is 11.8 Å². The van der Waals surface area contributed by atoms with Gasteiger partial charge in [-0.1, -0.05) is 19.4 Å². The number of thioether (sulfide) groups is 1. The molecule has 28 heavy (non-hydrogen) atoms. The summed E-state index contributed by atoms with van der Waals surface area (Å²) in [6.45, 7) is 1.68. The molecule has 9 heteroatoms. The number of halogens is 1. The zero-order chi connectivity index (χ0) is 20.3. The molecule has 7 nitrogen and oxygen atoms in total. The smallest absolute Gasteiger partial charge is 0.352 e. The third-order valence-corrected chi connectivity index (χ3v) is 5.90. The number of hydrogen-bond donors (Lipinski definition) is 2. The summed E-state index contributed by atoms with van der Waals surface area (Å²) in [6.07, 6.45) is 1.90. The molecule has 0 aliphatic carbocycles. The highest BCUT2D eigenvalue weighted by atomic mass is 32.2. The Morgan fingerprint density at radius 3 is 2.89 bits per heavy atom. The standard InChI is InChI=1S/C19H21FN2O5S/c1-2-3-7-27-13-6-4-5-11(8-13)16(23)21-14-17(24)22-15(19(25)26)12(9-20)10-28-18(14)22/h4-6,8,14,18H,2-3,7,9-10H2,1H3,(H,21,23)(H,25,26)/t14?,18-/m1/s1. The van der Waals surface area contributed by atoms with E-state index in [0.717, 1.165) is 17.7 Å². The third-order valence-electron chi connectivity index (χ3n) is 4.56. The maximum Gasteiger partial charge on any atom is 0.352 e. The predicted molar refractivity (Wildman–Crippen MR) is 102 cm³/mol. The van der Waals surface area contributed by atoms with Crippen LogP contribution in [0.25, 0.3) is 0 Å². The summed E-state index contributed by atoms with van der Waals surface area (Å²) >= 11 is 1.24. The highest BCUT2D eigenvalue weighted by molar-refractivity contribution is 8.00. The Morgan fingerprint density at radius 1 is 1.43 bits per heavy atom. The molecule has 1 aromatic rings. The van der Waals surface area contributed by atoms with Crippen LogP contribution in [0.5, 0.6) is 5.75 Å². The Labute approximate surface area is 165 Å². The van der Waals surface area contributed by atoms with Crippen molar-refractivity contribution in [3.05, 3.63) is 41.1 Å². The lowest BCUT2D eigenvalue weighted by Crippen LogP contribution is -2.70. The zero-order valence-corrected chi connectivity index (χ0v) is 16.1. The Bertz CT molecular complexity index is 828. The van der Waals surface area contributed by atoms with Crippen molar-refractivity contribution in [1.29, 1.82) is 0 Å². The number of carboxylic acid groups (broad SMARTS) is 1. The first-order valence-electron chi connectivity index (χ1n) is 8.97. The number of fused-ring (bicyclic) bond motifs is 1. The van der Waals surface area contributed by atoms with Gasteiger partial charge in [-0.3, -0.25) is 14.5 Å². The van der Waals surface area contributed by atoms with Crippen molar-refractivity contribution in [3.63, 3.8) is 0 Å². The van der Waals surface area contributed by atoms with E-state index in [1.54, 1.807) is 24.3 Å². The lowest BCUT2D eigenvalue weighted by atomic mass is 10.0. The van der Waals surface area contributed by atoms with E-state index < -0.39 is 35.9 Å². The van der Waals surface area contributed by atoms with E-state index in [1.165, 1.54) is 11.8 Å².